The molecule has 0 amide bonds. The minimum Gasteiger partial charge on any atom is -0.389 e. The fourth-order valence-corrected chi connectivity index (χ4v) is 2.12. The minimum atomic E-state index is -0.208. The molecule has 3 heteroatoms. The van der Waals surface area contributed by atoms with Gasteiger partial charge in [-0.15, -0.1) is 0 Å². The molecule has 1 unspecified atom stereocenters. The summed E-state index contributed by atoms with van der Waals surface area (Å²) < 4.78 is 1.92. The first kappa shape index (κ1) is 10.4. The van der Waals surface area contributed by atoms with Gasteiger partial charge in [-0.05, 0) is 38.2 Å². The van der Waals surface area contributed by atoms with Gasteiger partial charge in [0, 0.05) is 18.9 Å². The molecule has 1 aliphatic carbocycles. The van der Waals surface area contributed by atoms with Crippen LogP contribution in [0.3, 0.4) is 0 Å². The van der Waals surface area contributed by atoms with Gasteiger partial charge in [0.25, 0.3) is 0 Å². The van der Waals surface area contributed by atoms with E-state index in [0.717, 1.165) is 32.1 Å². The number of hydrogen-bond acceptors (Lipinski definition) is 2. The number of aromatic nitrogens is 2. The van der Waals surface area contributed by atoms with Crippen LogP contribution in [0.25, 0.3) is 0 Å². The van der Waals surface area contributed by atoms with E-state index in [4.69, 9.17) is 0 Å². The van der Waals surface area contributed by atoms with Crippen molar-refractivity contribution in [1.29, 1.82) is 0 Å². The maximum atomic E-state index is 9.50. The highest BCUT2D eigenvalue weighted by molar-refractivity contribution is 5.11. The number of nitrogens with zero attached hydrogens (tertiary/aromatic N) is 2. The molecule has 0 saturated carbocycles. The van der Waals surface area contributed by atoms with Crippen molar-refractivity contribution in [3.8, 4) is 0 Å². The zero-order chi connectivity index (χ0) is 10.7. The zero-order valence-electron chi connectivity index (χ0n) is 9.19. The van der Waals surface area contributed by atoms with E-state index >= 15 is 0 Å². The summed E-state index contributed by atoms with van der Waals surface area (Å²) >= 11 is 0. The van der Waals surface area contributed by atoms with Crippen molar-refractivity contribution in [2.45, 2.75) is 38.2 Å². The molecule has 1 N–H and O–H groups in total. The van der Waals surface area contributed by atoms with E-state index in [2.05, 4.69) is 11.2 Å². The van der Waals surface area contributed by atoms with Crippen molar-refractivity contribution in [2.75, 3.05) is 0 Å². The number of aryl methyl sites for hydroxylation is 2. The van der Waals surface area contributed by atoms with Crippen LogP contribution in [0.15, 0.2) is 23.9 Å². The van der Waals surface area contributed by atoms with Gasteiger partial charge in [0.1, 0.15) is 0 Å². The summed E-state index contributed by atoms with van der Waals surface area (Å²) in [5.74, 6) is 0. The molecule has 15 heavy (non-hydrogen) atoms. The van der Waals surface area contributed by atoms with Gasteiger partial charge in [-0.25, -0.2) is 0 Å². The van der Waals surface area contributed by atoms with Gasteiger partial charge >= 0.3 is 0 Å². The van der Waals surface area contributed by atoms with Crippen molar-refractivity contribution < 1.29 is 5.11 Å². The molecule has 1 aromatic rings. The quantitative estimate of drug-likeness (QED) is 0.766. The molecule has 1 aromatic heterocycles. The average Bonchev–Trinajstić information content (AvgIpc) is 2.61. The monoisotopic (exact) mass is 206 g/mol. The standard InChI is InChI=1S/C12H18N2O/c1-14-11(7-8-13-14)6-5-10-3-2-4-12(15)9-10/h7-9,12,15H,2-6H2,1H3. The van der Waals surface area contributed by atoms with Crippen LogP contribution in [-0.4, -0.2) is 21.0 Å². The Bertz CT molecular complexity index is 354. The summed E-state index contributed by atoms with van der Waals surface area (Å²) in [6.07, 6.45) is 8.92. The predicted molar refractivity (Wildman–Crippen MR) is 59.5 cm³/mol. The van der Waals surface area contributed by atoms with E-state index in [1.165, 1.54) is 11.3 Å². The van der Waals surface area contributed by atoms with E-state index in [1.807, 2.05) is 24.0 Å². The van der Waals surface area contributed by atoms with Crippen molar-refractivity contribution in [3.63, 3.8) is 0 Å². The second kappa shape index (κ2) is 4.62. The Labute approximate surface area is 90.4 Å². The normalized spacial score (nSPS) is 21.5. The fourth-order valence-electron chi connectivity index (χ4n) is 2.12. The summed E-state index contributed by atoms with van der Waals surface area (Å²) in [7, 11) is 1.97. The molecule has 0 saturated heterocycles. The topological polar surface area (TPSA) is 38.0 Å². The Morgan fingerprint density at radius 3 is 3.07 bits per heavy atom. The number of aliphatic hydroxyl groups excluding tert-OH is 1. The SMILES string of the molecule is Cn1nccc1CCC1=CC(O)CCC1. The van der Waals surface area contributed by atoms with Gasteiger partial charge in [-0.2, -0.15) is 5.10 Å². The number of hydrogen-bond donors (Lipinski definition) is 1. The summed E-state index contributed by atoms with van der Waals surface area (Å²) in [6, 6.07) is 2.06. The second-order valence-corrected chi connectivity index (χ2v) is 4.23. The van der Waals surface area contributed by atoms with Gasteiger partial charge in [0.15, 0.2) is 0 Å². The minimum absolute atomic E-state index is 0.208. The lowest BCUT2D eigenvalue weighted by Gasteiger charge is -2.16. The maximum Gasteiger partial charge on any atom is 0.0723 e. The molecule has 0 radical (unpaired) electrons. The van der Waals surface area contributed by atoms with E-state index < -0.39 is 0 Å². The van der Waals surface area contributed by atoms with Crippen LogP contribution in [0.5, 0.6) is 0 Å². The lowest BCUT2D eigenvalue weighted by Crippen LogP contribution is -2.09. The van der Waals surface area contributed by atoms with E-state index in [-0.39, 0.29) is 6.10 Å². The largest absolute Gasteiger partial charge is 0.389 e. The summed E-state index contributed by atoms with van der Waals surface area (Å²) in [5.41, 5.74) is 2.66. The van der Waals surface area contributed by atoms with Gasteiger partial charge in [0.05, 0.1) is 6.10 Å². The first-order valence-corrected chi connectivity index (χ1v) is 5.60. The molecule has 0 aromatic carbocycles. The molecule has 82 valence electrons. The number of allylic oxidation sites excluding steroid dienone is 1. The number of aliphatic hydroxyl groups is 1. The van der Waals surface area contributed by atoms with Crippen LogP contribution in [0.1, 0.15) is 31.4 Å². The van der Waals surface area contributed by atoms with Gasteiger partial charge in [-0.3, -0.25) is 4.68 Å². The summed E-state index contributed by atoms with van der Waals surface area (Å²) in [5, 5.41) is 13.6. The average molecular weight is 206 g/mol. The van der Waals surface area contributed by atoms with Crippen molar-refractivity contribution in [2.24, 2.45) is 7.05 Å². The van der Waals surface area contributed by atoms with Crippen LogP contribution in [0.2, 0.25) is 0 Å². The molecule has 0 fully saturated rings. The van der Waals surface area contributed by atoms with Crippen LogP contribution in [0, 0.1) is 0 Å². The Morgan fingerprint density at radius 1 is 1.53 bits per heavy atom. The van der Waals surface area contributed by atoms with Crippen LogP contribution < -0.4 is 0 Å². The zero-order valence-corrected chi connectivity index (χ0v) is 9.19. The third kappa shape index (κ3) is 2.69. The third-order valence-electron chi connectivity index (χ3n) is 3.05. The number of rotatable bonds is 3. The second-order valence-electron chi connectivity index (χ2n) is 4.23. The van der Waals surface area contributed by atoms with Gasteiger partial charge in [-0.1, -0.05) is 11.6 Å². The smallest absolute Gasteiger partial charge is 0.0723 e. The third-order valence-corrected chi connectivity index (χ3v) is 3.05. The van der Waals surface area contributed by atoms with Crippen LogP contribution >= 0.6 is 0 Å². The van der Waals surface area contributed by atoms with E-state index in [0.29, 0.717) is 0 Å². The molecular weight excluding hydrogens is 188 g/mol. The Hall–Kier alpha value is -1.09. The molecule has 3 nitrogen and oxygen atoms in total. The molecule has 0 bridgehead atoms. The van der Waals surface area contributed by atoms with Gasteiger partial charge in [0.2, 0.25) is 0 Å². The highest BCUT2D eigenvalue weighted by Crippen LogP contribution is 2.21. The first-order valence-electron chi connectivity index (χ1n) is 5.60. The lowest BCUT2D eigenvalue weighted by molar-refractivity contribution is 0.201. The van der Waals surface area contributed by atoms with Crippen molar-refractivity contribution >= 4 is 0 Å². The van der Waals surface area contributed by atoms with Gasteiger partial charge < -0.3 is 5.11 Å². The maximum absolute atomic E-state index is 9.50. The first-order chi connectivity index (χ1) is 7.25. The fraction of sp³-hybridized carbons (Fsp3) is 0.583. The Morgan fingerprint density at radius 2 is 2.40 bits per heavy atom. The molecule has 1 atom stereocenters. The van der Waals surface area contributed by atoms with Crippen molar-refractivity contribution in [3.05, 3.63) is 29.6 Å². The summed E-state index contributed by atoms with van der Waals surface area (Å²) in [6.45, 7) is 0. The van der Waals surface area contributed by atoms with Crippen LogP contribution in [0.4, 0.5) is 0 Å². The Balaban J connectivity index is 1.91. The van der Waals surface area contributed by atoms with E-state index in [1.54, 1.807) is 0 Å². The Kier molecular flexibility index (Phi) is 3.21. The molecule has 0 aliphatic heterocycles. The van der Waals surface area contributed by atoms with Crippen LogP contribution in [-0.2, 0) is 13.5 Å². The van der Waals surface area contributed by atoms with E-state index in [9.17, 15) is 5.11 Å². The lowest BCUT2D eigenvalue weighted by atomic mass is 9.94. The molecule has 1 heterocycles. The summed E-state index contributed by atoms with van der Waals surface area (Å²) in [4.78, 5) is 0. The molecule has 2 rings (SSSR count). The molecule has 0 spiro atoms. The highest BCUT2D eigenvalue weighted by atomic mass is 16.3. The van der Waals surface area contributed by atoms with Crippen molar-refractivity contribution in [1.82, 2.24) is 9.78 Å². The molecular formula is C12H18N2O. The molecule has 1 aliphatic rings. The predicted octanol–water partition coefficient (Wildman–Crippen LogP) is 1.82. The highest BCUT2D eigenvalue weighted by Gasteiger charge is 2.11.